The maximum Gasteiger partial charge on any atom is 0.167 e. The number of para-hydroxylation sites is 2. The first-order valence-corrected chi connectivity index (χ1v) is 4.68. The molecule has 74 valence electrons. The Morgan fingerprint density at radius 1 is 1.43 bits per heavy atom. The molecule has 4 heteroatoms. The molecule has 3 nitrogen and oxygen atoms in total. The summed E-state index contributed by atoms with van der Waals surface area (Å²) in [5.74, 6) is 1.03. The lowest BCUT2D eigenvalue weighted by atomic mass is 10.2. The van der Waals surface area contributed by atoms with Crippen LogP contribution in [0.2, 0.25) is 0 Å². The molecule has 1 aliphatic heterocycles. The van der Waals surface area contributed by atoms with Crippen molar-refractivity contribution in [3.05, 3.63) is 35.2 Å². The number of hydrogen-bond acceptors (Lipinski definition) is 3. The molecule has 0 fully saturated rings. The third-order valence-corrected chi connectivity index (χ3v) is 2.23. The number of ether oxygens (including phenoxy) is 1. The van der Waals surface area contributed by atoms with Crippen LogP contribution >= 0.6 is 11.6 Å². The topological polar surface area (TPSA) is 41.5 Å². The van der Waals surface area contributed by atoms with Gasteiger partial charge in [-0.2, -0.15) is 0 Å². The van der Waals surface area contributed by atoms with E-state index in [9.17, 15) is 5.11 Å². The maximum absolute atomic E-state index is 9.37. The van der Waals surface area contributed by atoms with E-state index in [1.54, 1.807) is 6.92 Å². The van der Waals surface area contributed by atoms with E-state index in [0.717, 1.165) is 5.69 Å². The first-order valence-electron chi connectivity index (χ1n) is 4.30. The molecule has 2 rings (SSSR count). The highest BCUT2D eigenvalue weighted by Gasteiger charge is 2.20. The van der Waals surface area contributed by atoms with Crippen LogP contribution in [0.1, 0.15) is 6.92 Å². The van der Waals surface area contributed by atoms with Crippen molar-refractivity contribution in [3.8, 4) is 5.75 Å². The van der Waals surface area contributed by atoms with E-state index >= 15 is 0 Å². The second-order valence-corrected chi connectivity index (χ2v) is 3.46. The first kappa shape index (κ1) is 9.37. The second kappa shape index (κ2) is 3.52. The highest BCUT2D eigenvalue weighted by molar-refractivity contribution is 6.31. The van der Waals surface area contributed by atoms with Crippen molar-refractivity contribution >= 4 is 17.3 Å². The summed E-state index contributed by atoms with van der Waals surface area (Å²) < 4.78 is 5.44. The van der Waals surface area contributed by atoms with E-state index in [1.165, 1.54) is 0 Å². The van der Waals surface area contributed by atoms with Crippen LogP contribution in [0.15, 0.2) is 35.2 Å². The summed E-state index contributed by atoms with van der Waals surface area (Å²) in [4.78, 5) is 0. The van der Waals surface area contributed by atoms with E-state index in [0.29, 0.717) is 16.7 Å². The molecule has 0 aromatic heterocycles. The fourth-order valence-corrected chi connectivity index (χ4v) is 1.57. The number of nitrogens with one attached hydrogen (secondary N) is 1. The first-order chi connectivity index (χ1) is 6.68. The Labute approximate surface area is 87.0 Å². The summed E-state index contributed by atoms with van der Waals surface area (Å²) in [6.45, 7) is 1.60. The van der Waals surface area contributed by atoms with Crippen LogP contribution in [-0.4, -0.2) is 11.2 Å². The van der Waals surface area contributed by atoms with Crippen molar-refractivity contribution in [2.45, 2.75) is 13.0 Å². The van der Waals surface area contributed by atoms with Gasteiger partial charge in [0.05, 0.1) is 5.69 Å². The number of fused-ring (bicyclic) bond motifs is 1. The van der Waals surface area contributed by atoms with Gasteiger partial charge in [0, 0.05) is 0 Å². The molecule has 1 aromatic carbocycles. The largest absolute Gasteiger partial charge is 0.454 e. The van der Waals surface area contributed by atoms with Gasteiger partial charge in [0.1, 0.15) is 11.3 Å². The monoisotopic (exact) mass is 211 g/mol. The fourth-order valence-electron chi connectivity index (χ4n) is 1.27. The molecule has 1 heterocycles. The molecule has 2 N–H and O–H groups in total. The van der Waals surface area contributed by atoms with E-state index in [-0.39, 0.29) is 0 Å². The SMILES string of the molecule is CC(O)C1=C(Cl)Nc2ccccc2O1. The number of rotatable bonds is 1. The minimum Gasteiger partial charge on any atom is -0.454 e. The zero-order chi connectivity index (χ0) is 10.1. The predicted molar refractivity (Wildman–Crippen MR) is 55.3 cm³/mol. The summed E-state index contributed by atoms with van der Waals surface area (Å²) in [6.07, 6.45) is -0.719. The molecule has 0 saturated carbocycles. The van der Waals surface area contributed by atoms with Crippen LogP contribution in [0.3, 0.4) is 0 Å². The van der Waals surface area contributed by atoms with Crippen LogP contribution in [0, 0.1) is 0 Å². The van der Waals surface area contributed by atoms with Crippen molar-refractivity contribution < 1.29 is 9.84 Å². The van der Waals surface area contributed by atoms with Gasteiger partial charge in [-0.25, -0.2) is 0 Å². The van der Waals surface area contributed by atoms with Crippen molar-refractivity contribution in [3.63, 3.8) is 0 Å². The standard InChI is InChI=1S/C10H10ClNO2/c1-6(13)9-10(11)12-7-4-2-3-5-8(7)14-9/h2-6,12-13H,1H3. The number of hydrogen-bond donors (Lipinski definition) is 2. The molecule has 1 aromatic rings. The zero-order valence-electron chi connectivity index (χ0n) is 7.62. The number of aliphatic hydroxyl groups is 1. The van der Waals surface area contributed by atoms with Gasteiger partial charge in [0.15, 0.2) is 11.5 Å². The Morgan fingerprint density at radius 3 is 2.86 bits per heavy atom. The van der Waals surface area contributed by atoms with Crippen molar-refractivity contribution in [2.75, 3.05) is 5.32 Å². The van der Waals surface area contributed by atoms with Crippen molar-refractivity contribution in [1.29, 1.82) is 0 Å². The Bertz CT molecular complexity index is 387. The van der Waals surface area contributed by atoms with Gasteiger partial charge >= 0.3 is 0 Å². The summed E-state index contributed by atoms with van der Waals surface area (Å²) in [5.41, 5.74) is 0.807. The van der Waals surface area contributed by atoms with Crippen LogP contribution in [0.5, 0.6) is 5.75 Å². The summed E-state index contributed by atoms with van der Waals surface area (Å²) in [5, 5.41) is 12.6. The highest BCUT2D eigenvalue weighted by atomic mass is 35.5. The predicted octanol–water partition coefficient (Wildman–Crippen LogP) is 2.28. The van der Waals surface area contributed by atoms with Gasteiger partial charge in [-0.05, 0) is 19.1 Å². The summed E-state index contributed by atoms with van der Waals surface area (Å²) in [6, 6.07) is 7.41. The quantitative estimate of drug-likeness (QED) is 0.701. The molecular formula is C10H10ClNO2. The normalized spacial score (nSPS) is 16.8. The summed E-state index contributed by atoms with van der Waals surface area (Å²) >= 11 is 5.89. The molecule has 14 heavy (non-hydrogen) atoms. The minimum absolute atomic E-state index is 0.332. The van der Waals surface area contributed by atoms with Gasteiger partial charge in [0.2, 0.25) is 0 Å². The smallest absolute Gasteiger partial charge is 0.167 e. The third kappa shape index (κ3) is 1.56. The molecule has 0 bridgehead atoms. The third-order valence-electron chi connectivity index (χ3n) is 1.95. The van der Waals surface area contributed by atoms with E-state index in [1.807, 2.05) is 24.3 Å². The highest BCUT2D eigenvalue weighted by Crippen LogP contribution is 2.34. The Morgan fingerprint density at radius 2 is 2.14 bits per heavy atom. The molecular weight excluding hydrogens is 202 g/mol. The lowest BCUT2D eigenvalue weighted by molar-refractivity contribution is 0.175. The van der Waals surface area contributed by atoms with Gasteiger partial charge in [-0.15, -0.1) is 0 Å². The average Bonchev–Trinajstić information content (AvgIpc) is 2.16. The molecule has 0 amide bonds. The number of halogens is 1. The van der Waals surface area contributed by atoms with Gasteiger partial charge in [-0.1, -0.05) is 23.7 Å². The van der Waals surface area contributed by atoms with E-state index < -0.39 is 6.10 Å². The minimum atomic E-state index is -0.719. The lowest BCUT2D eigenvalue weighted by Gasteiger charge is -2.22. The lowest BCUT2D eigenvalue weighted by Crippen LogP contribution is -2.19. The Hall–Kier alpha value is -1.19. The van der Waals surface area contributed by atoms with E-state index in [2.05, 4.69) is 5.32 Å². The Kier molecular flexibility index (Phi) is 2.35. The van der Waals surface area contributed by atoms with Crippen LogP contribution in [0.4, 0.5) is 5.69 Å². The van der Waals surface area contributed by atoms with Crippen LogP contribution in [-0.2, 0) is 0 Å². The number of aliphatic hydroxyl groups excluding tert-OH is 1. The Balaban J connectivity index is 2.37. The van der Waals surface area contributed by atoms with Gasteiger partial charge in [0.25, 0.3) is 0 Å². The molecule has 0 saturated heterocycles. The zero-order valence-corrected chi connectivity index (χ0v) is 8.38. The van der Waals surface area contributed by atoms with Crippen molar-refractivity contribution in [2.24, 2.45) is 0 Å². The van der Waals surface area contributed by atoms with Gasteiger partial charge in [-0.3, -0.25) is 0 Å². The van der Waals surface area contributed by atoms with Crippen molar-refractivity contribution in [1.82, 2.24) is 0 Å². The van der Waals surface area contributed by atoms with Crippen LogP contribution < -0.4 is 10.1 Å². The molecule has 0 aliphatic carbocycles. The maximum atomic E-state index is 9.37. The van der Waals surface area contributed by atoms with E-state index in [4.69, 9.17) is 16.3 Å². The average molecular weight is 212 g/mol. The number of anilines is 1. The number of benzene rings is 1. The van der Waals surface area contributed by atoms with Crippen LogP contribution in [0.25, 0.3) is 0 Å². The molecule has 1 aliphatic rings. The second-order valence-electron chi connectivity index (χ2n) is 3.08. The van der Waals surface area contributed by atoms with Gasteiger partial charge < -0.3 is 15.2 Å². The summed E-state index contributed by atoms with van der Waals surface area (Å²) in [7, 11) is 0. The molecule has 0 spiro atoms. The molecule has 1 unspecified atom stereocenters. The molecule has 0 radical (unpaired) electrons. The molecule has 1 atom stereocenters. The fraction of sp³-hybridized carbons (Fsp3) is 0.200.